The minimum atomic E-state index is -0.137. The molecule has 0 radical (unpaired) electrons. The van der Waals surface area contributed by atoms with Crippen LogP contribution in [0.2, 0.25) is 0 Å². The van der Waals surface area contributed by atoms with Crippen molar-refractivity contribution in [3.63, 3.8) is 0 Å². The highest BCUT2D eigenvalue weighted by Gasteiger charge is 2.18. The summed E-state index contributed by atoms with van der Waals surface area (Å²) in [6.45, 7) is 1.93. The monoisotopic (exact) mass is 630 g/mol. The third-order valence-electron chi connectivity index (χ3n) is 6.79. The molecule has 1 fully saturated rings. The summed E-state index contributed by atoms with van der Waals surface area (Å²) in [5.41, 5.74) is 3.63. The number of nitrogens with zero attached hydrogens (tertiary/aromatic N) is 4. The Bertz CT molecular complexity index is 1690. The first-order chi connectivity index (χ1) is 21.1. The second-order valence-electron chi connectivity index (χ2n) is 9.97. The maximum absolute atomic E-state index is 12.9. The average Bonchev–Trinajstić information content (AvgIpc) is 3.79. The zero-order valence-electron chi connectivity index (χ0n) is 23.3. The maximum atomic E-state index is 12.9. The fourth-order valence-corrected chi connectivity index (χ4v) is 7.36. The number of hydrogen-bond acceptors (Lipinski definition) is 9. The van der Waals surface area contributed by atoms with Crippen molar-refractivity contribution in [3.8, 4) is 11.4 Å². The number of rotatable bonds is 12. The SMILES string of the molecule is O=C(CSc1nc2ccc(NC(=O)CSc3nnc(-c4ccccc4)n3Cc3ccccc3)cc2s1)NC[C@H]1CCCO1. The first-order valence-corrected chi connectivity index (χ1v) is 16.8. The maximum Gasteiger partial charge on any atom is 0.234 e. The number of carbonyl (C=O) groups excluding carboxylic acids is 2. The van der Waals surface area contributed by atoms with E-state index in [4.69, 9.17) is 4.74 Å². The van der Waals surface area contributed by atoms with Crippen LogP contribution in [0.25, 0.3) is 21.6 Å². The Hall–Kier alpha value is -3.71. The number of ether oxygens (including phenoxy) is 1. The predicted molar refractivity (Wildman–Crippen MR) is 173 cm³/mol. The number of hydrogen-bond donors (Lipinski definition) is 2. The van der Waals surface area contributed by atoms with E-state index in [1.54, 1.807) is 0 Å². The van der Waals surface area contributed by atoms with Gasteiger partial charge in [-0.05, 0) is 36.6 Å². The van der Waals surface area contributed by atoms with Crippen molar-refractivity contribution in [3.05, 3.63) is 84.4 Å². The molecule has 2 N–H and O–H groups in total. The summed E-state index contributed by atoms with van der Waals surface area (Å²) in [5.74, 6) is 1.08. The molecule has 5 aromatic rings. The van der Waals surface area contributed by atoms with Crippen molar-refractivity contribution < 1.29 is 14.3 Å². The van der Waals surface area contributed by atoms with Gasteiger partial charge in [-0.1, -0.05) is 84.2 Å². The molecule has 1 atom stereocenters. The molecule has 12 heteroatoms. The normalized spacial score (nSPS) is 14.7. The number of anilines is 1. The van der Waals surface area contributed by atoms with E-state index in [2.05, 4.69) is 37.9 Å². The van der Waals surface area contributed by atoms with E-state index in [0.29, 0.717) is 29.7 Å². The third-order valence-corrected chi connectivity index (χ3v) is 9.92. The van der Waals surface area contributed by atoms with Crippen molar-refractivity contribution in [1.82, 2.24) is 25.1 Å². The van der Waals surface area contributed by atoms with Crippen LogP contribution in [0.1, 0.15) is 18.4 Å². The minimum absolute atomic E-state index is 0.0271. The molecule has 2 aromatic heterocycles. The lowest BCUT2D eigenvalue weighted by atomic mass is 10.2. The molecule has 6 rings (SSSR count). The summed E-state index contributed by atoms with van der Waals surface area (Å²) in [6, 6.07) is 25.7. The van der Waals surface area contributed by atoms with Gasteiger partial charge in [-0.25, -0.2) is 4.98 Å². The lowest BCUT2D eigenvalue weighted by Gasteiger charge is -2.11. The number of thioether (sulfide) groups is 2. The number of nitrogens with one attached hydrogen (secondary N) is 2. The lowest BCUT2D eigenvalue weighted by molar-refractivity contribution is -0.119. The van der Waals surface area contributed by atoms with Gasteiger partial charge in [0.15, 0.2) is 15.3 Å². The van der Waals surface area contributed by atoms with Gasteiger partial charge in [0.1, 0.15) is 0 Å². The zero-order chi connectivity index (χ0) is 29.4. The second kappa shape index (κ2) is 14.2. The smallest absolute Gasteiger partial charge is 0.234 e. The summed E-state index contributed by atoms with van der Waals surface area (Å²) in [7, 11) is 0. The predicted octanol–water partition coefficient (Wildman–Crippen LogP) is 5.72. The highest BCUT2D eigenvalue weighted by atomic mass is 32.2. The Balaban J connectivity index is 1.06. The molecule has 2 amide bonds. The lowest BCUT2D eigenvalue weighted by Crippen LogP contribution is -2.32. The molecule has 0 unspecified atom stereocenters. The van der Waals surface area contributed by atoms with Gasteiger partial charge in [-0.15, -0.1) is 21.5 Å². The highest BCUT2D eigenvalue weighted by molar-refractivity contribution is 8.01. The third kappa shape index (κ3) is 7.82. The standard InChI is InChI=1S/C31H30N6O3S3/c38-27(32-17-24-12-7-15-40-24)19-42-31-34-25-14-13-23(16-26(25)43-31)33-28(39)20-41-30-36-35-29(22-10-5-2-6-11-22)37(30)18-21-8-3-1-4-9-21/h1-6,8-11,13-14,16,24H,7,12,15,17-20H2,(H,32,38)(H,33,39)/t24-/m1/s1. The van der Waals surface area contributed by atoms with Gasteiger partial charge in [0.05, 0.1) is 34.4 Å². The van der Waals surface area contributed by atoms with Crippen LogP contribution >= 0.6 is 34.9 Å². The van der Waals surface area contributed by atoms with Crippen molar-refractivity contribution in [2.45, 2.75) is 35.0 Å². The molecule has 3 heterocycles. The fraction of sp³-hybridized carbons (Fsp3) is 0.258. The van der Waals surface area contributed by atoms with Crippen molar-refractivity contribution >= 4 is 62.6 Å². The molecule has 1 aliphatic rings. The second-order valence-corrected chi connectivity index (χ2v) is 13.2. The number of aromatic nitrogens is 4. The molecule has 43 heavy (non-hydrogen) atoms. The first-order valence-electron chi connectivity index (χ1n) is 14.0. The van der Waals surface area contributed by atoms with Crippen LogP contribution in [0, 0.1) is 0 Å². The van der Waals surface area contributed by atoms with E-state index in [1.807, 2.05) is 71.3 Å². The Kier molecular flexibility index (Phi) is 9.68. The largest absolute Gasteiger partial charge is 0.376 e. The molecule has 1 saturated heterocycles. The van der Waals surface area contributed by atoms with Gasteiger partial charge in [0.25, 0.3) is 0 Å². The number of fused-ring (bicyclic) bond motifs is 1. The van der Waals surface area contributed by atoms with Crippen molar-refractivity contribution in [2.75, 3.05) is 30.0 Å². The van der Waals surface area contributed by atoms with Crippen LogP contribution in [0.15, 0.2) is 88.4 Å². The van der Waals surface area contributed by atoms with Gasteiger partial charge in [0.2, 0.25) is 11.8 Å². The van der Waals surface area contributed by atoms with E-state index < -0.39 is 0 Å². The summed E-state index contributed by atoms with van der Waals surface area (Å²) in [6.07, 6.45) is 2.17. The van der Waals surface area contributed by atoms with E-state index in [0.717, 1.165) is 51.0 Å². The summed E-state index contributed by atoms with van der Waals surface area (Å²) in [5, 5.41) is 15.5. The van der Waals surface area contributed by atoms with Crippen LogP contribution in [0.5, 0.6) is 0 Å². The molecular weight excluding hydrogens is 601 g/mol. The van der Waals surface area contributed by atoms with Crippen molar-refractivity contribution in [1.29, 1.82) is 0 Å². The molecule has 220 valence electrons. The molecule has 0 spiro atoms. The van der Waals surface area contributed by atoms with Crippen molar-refractivity contribution in [2.24, 2.45) is 0 Å². The van der Waals surface area contributed by atoms with E-state index in [9.17, 15) is 9.59 Å². The van der Waals surface area contributed by atoms with Crippen LogP contribution in [-0.4, -0.2) is 62.3 Å². The van der Waals surface area contributed by atoms with Gasteiger partial charge in [0, 0.05) is 24.4 Å². The summed E-state index contributed by atoms with van der Waals surface area (Å²) < 4.78 is 9.37. The van der Waals surface area contributed by atoms with Gasteiger partial charge in [-0.3, -0.25) is 14.2 Å². The van der Waals surface area contributed by atoms with Crippen LogP contribution in [0.3, 0.4) is 0 Å². The van der Waals surface area contributed by atoms with Gasteiger partial charge in [-0.2, -0.15) is 0 Å². The van der Waals surface area contributed by atoms with Crippen LogP contribution in [0.4, 0.5) is 5.69 Å². The Morgan fingerprint density at radius 1 is 0.953 bits per heavy atom. The van der Waals surface area contributed by atoms with E-state index >= 15 is 0 Å². The molecule has 0 aliphatic carbocycles. The number of carbonyl (C=O) groups is 2. The molecule has 3 aromatic carbocycles. The summed E-state index contributed by atoms with van der Waals surface area (Å²) >= 11 is 4.28. The topological polar surface area (TPSA) is 111 Å². The Morgan fingerprint density at radius 2 is 1.74 bits per heavy atom. The molecule has 0 saturated carbocycles. The highest BCUT2D eigenvalue weighted by Crippen LogP contribution is 2.31. The summed E-state index contributed by atoms with van der Waals surface area (Å²) in [4.78, 5) is 29.8. The van der Waals surface area contributed by atoms with Gasteiger partial charge < -0.3 is 15.4 Å². The quantitative estimate of drug-likeness (QED) is 0.169. The number of amides is 2. The number of benzene rings is 3. The van der Waals surface area contributed by atoms with E-state index in [-0.39, 0.29) is 23.7 Å². The Labute approximate surface area is 261 Å². The first kappa shape index (κ1) is 29.4. The minimum Gasteiger partial charge on any atom is -0.376 e. The fourth-order valence-electron chi connectivity index (χ4n) is 4.69. The number of thiazole rings is 1. The van der Waals surface area contributed by atoms with Crippen LogP contribution < -0.4 is 10.6 Å². The zero-order valence-corrected chi connectivity index (χ0v) is 25.7. The average molecular weight is 631 g/mol. The Morgan fingerprint density at radius 3 is 2.53 bits per heavy atom. The van der Waals surface area contributed by atoms with Crippen LogP contribution in [-0.2, 0) is 20.9 Å². The molecular formula is C31H30N6O3S3. The molecule has 9 nitrogen and oxygen atoms in total. The van der Waals surface area contributed by atoms with Gasteiger partial charge >= 0.3 is 0 Å². The van der Waals surface area contributed by atoms with E-state index in [1.165, 1.54) is 34.9 Å². The molecule has 0 bridgehead atoms. The molecule has 1 aliphatic heterocycles.